The Hall–Kier alpha value is -1.69. The lowest BCUT2D eigenvalue weighted by Gasteiger charge is -2.29. The van der Waals surface area contributed by atoms with E-state index < -0.39 is 0 Å². The van der Waals surface area contributed by atoms with Crippen molar-refractivity contribution >= 4 is 11.7 Å². The molecule has 1 amide bonds. The van der Waals surface area contributed by atoms with Crippen LogP contribution < -0.4 is 10.2 Å². The molecule has 3 aliphatic heterocycles. The number of nitrogens with one attached hydrogen (secondary N) is 1. The lowest BCUT2D eigenvalue weighted by atomic mass is 9.73. The topological polar surface area (TPSA) is 67.4 Å². The van der Waals surface area contributed by atoms with Crippen LogP contribution in [0.15, 0.2) is 12.1 Å². The lowest BCUT2D eigenvalue weighted by Crippen LogP contribution is -2.42. The number of aryl methyl sites for hydroxylation is 1. The molecule has 27 heavy (non-hydrogen) atoms. The van der Waals surface area contributed by atoms with E-state index in [9.17, 15) is 4.79 Å². The Kier molecular flexibility index (Phi) is 4.34. The van der Waals surface area contributed by atoms with Gasteiger partial charge in [0.1, 0.15) is 0 Å². The van der Waals surface area contributed by atoms with Crippen LogP contribution in [-0.2, 0) is 9.53 Å². The molecule has 5 rings (SSSR count). The fraction of sp³-hybridized carbons (Fsp3) is 0.762. The zero-order chi connectivity index (χ0) is 18.4. The van der Waals surface area contributed by atoms with Gasteiger partial charge < -0.3 is 15.0 Å². The van der Waals surface area contributed by atoms with E-state index in [-0.39, 0.29) is 11.5 Å². The van der Waals surface area contributed by atoms with Gasteiger partial charge in [-0.3, -0.25) is 4.79 Å². The molecule has 0 unspecified atom stereocenters. The fourth-order valence-corrected chi connectivity index (χ4v) is 5.98. The highest BCUT2D eigenvalue weighted by Crippen LogP contribution is 2.55. The zero-order valence-corrected chi connectivity index (χ0v) is 16.2. The van der Waals surface area contributed by atoms with Crippen molar-refractivity contribution in [3.8, 4) is 0 Å². The highest BCUT2D eigenvalue weighted by Gasteiger charge is 2.63. The molecule has 146 valence electrons. The number of aromatic nitrogens is 2. The second-order valence-corrected chi connectivity index (χ2v) is 9.10. The van der Waals surface area contributed by atoms with Crippen LogP contribution in [0.1, 0.15) is 50.6 Å². The molecule has 4 aliphatic rings. The summed E-state index contributed by atoms with van der Waals surface area (Å²) in [6, 6.07) is 4.08. The molecule has 4 fully saturated rings. The summed E-state index contributed by atoms with van der Waals surface area (Å²) in [5, 5.41) is 11.8. The average molecular weight is 370 g/mol. The zero-order valence-electron chi connectivity index (χ0n) is 16.2. The molecular formula is C21H30N4O2. The van der Waals surface area contributed by atoms with Crippen LogP contribution >= 0.6 is 0 Å². The van der Waals surface area contributed by atoms with E-state index in [2.05, 4.69) is 26.5 Å². The predicted molar refractivity (Wildman–Crippen MR) is 102 cm³/mol. The lowest BCUT2D eigenvalue weighted by molar-refractivity contribution is -0.122. The second-order valence-electron chi connectivity index (χ2n) is 9.10. The van der Waals surface area contributed by atoms with Gasteiger partial charge in [-0.1, -0.05) is 12.8 Å². The number of ether oxygens (including phenoxy) is 1. The SMILES string of the molecule is Cc1ccc(N2C[C@@H]3[C@H](CNC(=O)CC4CCCC4)[C@H]4CC[C@]3(C2)O4)nn1. The summed E-state index contributed by atoms with van der Waals surface area (Å²) in [5.41, 5.74) is 0.897. The quantitative estimate of drug-likeness (QED) is 0.862. The number of nitrogens with zero attached hydrogens (tertiary/aromatic N) is 3. The molecule has 4 atom stereocenters. The first kappa shape index (κ1) is 17.4. The van der Waals surface area contributed by atoms with Crippen molar-refractivity contribution < 1.29 is 9.53 Å². The molecule has 3 saturated heterocycles. The molecule has 1 spiro atoms. The first-order valence-electron chi connectivity index (χ1n) is 10.6. The summed E-state index contributed by atoms with van der Waals surface area (Å²) in [6.45, 7) is 4.58. The summed E-state index contributed by atoms with van der Waals surface area (Å²) in [4.78, 5) is 14.7. The molecule has 1 saturated carbocycles. The molecule has 1 aromatic rings. The van der Waals surface area contributed by atoms with Crippen LogP contribution in [-0.4, -0.2) is 47.4 Å². The predicted octanol–water partition coefficient (Wildman–Crippen LogP) is 2.47. The number of carbonyl (C=O) groups is 1. The van der Waals surface area contributed by atoms with Crippen molar-refractivity contribution in [2.45, 2.75) is 63.6 Å². The van der Waals surface area contributed by atoms with Crippen molar-refractivity contribution in [3.63, 3.8) is 0 Å². The Balaban J connectivity index is 1.23. The fourth-order valence-electron chi connectivity index (χ4n) is 5.98. The minimum Gasteiger partial charge on any atom is -0.369 e. The van der Waals surface area contributed by atoms with E-state index in [1.165, 1.54) is 25.7 Å². The number of fused-ring (bicyclic) bond motifs is 1. The van der Waals surface area contributed by atoms with E-state index >= 15 is 0 Å². The monoisotopic (exact) mass is 370 g/mol. The summed E-state index contributed by atoms with van der Waals surface area (Å²) >= 11 is 0. The standard InChI is InChI=1S/C21H30N4O2/c1-14-6-7-19(24-23-14)25-12-17-16(18-8-9-21(17,13-25)27-18)11-22-20(26)10-15-4-2-3-5-15/h6-7,15-18H,2-5,8-13H2,1H3,(H,22,26)/t16-,17+,18+,21+/m0/s1. The van der Waals surface area contributed by atoms with Gasteiger partial charge in [-0.2, -0.15) is 5.10 Å². The smallest absolute Gasteiger partial charge is 0.220 e. The van der Waals surface area contributed by atoms with Crippen molar-refractivity contribution in [2.24, 2.45) is 17.8 Å². The Morgan fingerprint density at radius 3 is 2.93 bits per heavy atom. The van der Waals surface area contributed by atoms with Gasteiger partial charge in [-0.25, -0.2) is 0 Å². The van der Waals surface area contributed by atoms with E-state index in [1.807, 2.05) is 13.0 Å². The van der Waals surface area contributed by atoms with Crippen LogP contribution in [0.2, 0.25) is 0 Å². The number of anilines is 1. The maximum absolute atomic E-state index is 12.4. The first-order chi connectivity index (χ1) is 13.1. The largest absolute Gasteiger partial charge is 0.369 e. The number of hydrogen-bond acceptors (Lipinski definition) is 5. The third-order valence-electron chi connectivity index (χ3n) is 7.38. The Morgan fingerprint density at radius 2 is 2.15 bits per heavy atom. The van der Waals surface area contributed by atoms with Gasteiger partial charge in [0.15, 0.2) is 5.82 Å². The van der Waals surface area contributed by atoms with Crippen molar-refractivity contribution in [3.05, 3.63) is 17.8 Å². The molecule has 4 heterocycles. The van der Waals surface area contributed by atoms with Gasteiger partial charge in [0.25, 0.3) is 0 Å². The maximum atomic E-state index is 12.4. The van der Waals surface area contributed by atoms with Crippen LogP contribution in [0.4, 0.5) is 5.82 Å². The van der Waals surface area contributed by atoms with Crippen LogP contribution in [0.3, 0.4) is 0 Å². The minimum atomic E-state index is -0.0436. The third kappa shape index (κ3) is 3.12. The Morgan fingerprint density at radius 1 is 1.30 bits per heavy atom. The average Bonchev–Trinajstić information content (AvgIpc) is 3.41. The van der Waals surface area contributed by atoms with E-state index in [4.69, 9.17) is 4.74 Å². The molecule has 0 radical (unpaired) electrons. The molecule has 6 nitrogen and oxygen atoms in total. The number of rotatable bonds is 5. The van der Waals surface area contributed by atoms with E-state index in [1.54, 1.807) is 0 Å². The van der Waals surface area contributed by atoms with Crippen molar-refractivity contribution in [1.29, 1.82) is 0 Å². The molecular weight excluding hydrogens is 340 g/mol. The summed E-state index contributed by atoms with van der Waals surface area (Å²) in [6.07, 6.45) is 8.30. The number of carbonyl (C=O) groups excluding carboxylic acids is 1. The maximum Gasteiger partial charge on any atom is 0.220 e. The first-order valence-corrected chi connectivity index (χ1v) is 10.6. The molecule has 1 N–H and O–H groups in total. The van der Waals surface area contributed by atoms with Gasteiger partial charge in [0.2, 0.25) is 5.91 Å². The Bertz CT molecular complexity index is 703. The van der Waals surface area contributed by atoms with Gasteiger partial charge >= 0.3 is 0 Å². The van der Waals surface area contributed by atoms with Gasteiger partial charge in [-0.05, 0) is 50.7 Å². The third-order valence-corrected chi connectivity index (χ3v) is 7.38. The number of hydrogen-bond donors (Lipinski definition) is 1. The number of amides is 1. The van der Waals surface area contributed by atoms with Gasteiger partial charge in [-0.15, -0.1) is 5.10 Å². The molecule has 1 aromatic heterocycles. The minimum absolute atomic E-state index is 0.0436. The highest BCUT2D eigenvalue weighted by molar-refractivity contribution is 5.76. The Labute approximate surface area is 161 Å². The summed E-state index contributed by atoms with van der Waals surface area (Å²) in [5.74, 6) is 2.69. The van der Waals surface area contributed by atoms with E-state index in [0.717, 1.165) is 44.0 Å². The molecule has 0 aromatic carbocycles. The highest BCUT2D eigenvalue weighted by atomic mass is 16.5. The van der Waals surface area contributed by atoms with Gasteiger partial charge in [0, 0.05) is 37.9 Å². The van der Waals surface area contributed by atoms with Crippen molar-refractivity contribution in [1.82, 2.24) is 15.5 Å². The van der Waals surface area contributed by atoms with Crippen LogP contribution in [0, 0.1) is 24.7 Å². The summed E-state index contributed by atoms with van der Waals surface area (Å²) < 4.78 is 6.50. The normalized spacial score (nSPS) is 35.0. The molecule has 2 bridgehead atoms. The summed E-state index contributed by atoms with van der Waals surface area (Å²) in [7, 11) is 0. The van der Waals surface area contributed by atoms with E-state index in [0.29, 0.717) is 30.3 Å². The van der Waals surface area contributed by atoms with Crippen molar-refractivity contribution in [2.75, 3.05) is 24.5 Å². The van der Waals surface area contributed by atoms with Gasteiger partial charge in [0.05, 0.1) is 17.4 Å². The molecule has 6 heteroatoms. The van der Waals surface area contributed by atoms with Crippen LogP contribution in [0.5, 0.6) is 0 Å². The van der Waals surface area contributed by atoms with Crippen LogP contribution in [0.25, 0.3) is 0 Å². The second kappa shape index (κ2) is 6.73. The molecule has 1 aliphatic carbocycles.